The number of aromatic nitrogens is 1. The number of primary amides is 1. The van der Waals surface area contributed by atoms with Crippen LogP contribution in [0.2, 0.25) is 0 Å². The van der Waals surface area contributed by atoms with Crippen molar-refractivity contribution >= 4 is 28.1 Å². The van der Waals surface area contributed by atoms with E-state index in [0.29, 0.717) is 27.7 Å². The Hall–Kier alpha value is -3.11. The molecular formula is C15H10N4O2S. The Morgan fingerprint density at radius 1 is 1.36 bits per heavy atom. The predicted octanol–water partition coefficient (Wildman–Crippen LogP) is 3.12. The summed E-state index contributed by atoms with van der Waals surface area (Å²) in [6.07, 6.45) is 1.31. The molecule has 2 heterocycles. The molecule has 1 aromatic carbocycles. The molecule has 22 heavy (non-hydrogen) atoms. The van der Waals surface area contributed by atoms with Gasteiger partial charge in [0.05, 0.1) is 17.2 Å². The molecule has 0 atom stereocenters. The lowest BCUT2D eigenvalue weighted by molar-refractivity contribution is 0.0999. The van der Waals surface area contributed by atoms with Gasteiger partial charge in [-0.25, -0.2) is 4.98 Å². The zero-order valence-corrected chi connectivity index (χ0v) is 12.1. The van der Waals surface area contributed by atoms with Crippen LogP contribution in [0, 0.1) is 11.3 Å². The third-order valence-electron chi connectivity index (χ3n) is 2.91. The van der Waals surface area contributed by atoms with Gasteiger partial charge in [-0.15, -0.1) is 11.3 Å². The summed E-state index contributed by atoms with van der Waals surface area (Å²) < 4.78 is 5.29. The molecule has 0 bridgehead atoms. The van der Waals surface area contributed by atoms with Crippen LogP contribution >= 0.6 is 11.3 Å². The van der Waals surface area contributed by atoms with Gasteiger partial charge in [-0.2, -0.15) is 5.26 Å². The first-order valence-corrected chi connectivity index (χ1v) is 7.15. The molecule has 7 heteroatoms. The number of nitrogens with zero attached hydrogens (tertiary/aromatic N) is 2. The third kappa shape index (κ3) is 2.82. The van der Waals surface area contributed by atoms with Gasteiger partial charge in [-0.05, 0) is 30.3 Å². The maximum absolute atomic E-state index is 11.1. The van der Waals surface area contributed by atoms with E-state index in [9.17, 15) is 4.79 Å². The van der Waals surface area contributed by atoms with Crippen LogP contribution in [0.1, 0.15) is 15.9 Å². The summed E-state index contributed by atoms with van der Waals surface area (Å²) in [5.41, 5.74) is 7.54. The van der Waals surface area contributed by atoms with E-state index in [1.54, 1.807) is 30.3 Å². The van der Waals surface area contributed by atoms with Gasteiger partial charge in [0.1, 0.15) is 12.0 Å². The van der Waals surface area contributed by atoms with E-state index in [1.807, 2.05) is 5.38 Å². The number of amides is 1. The SMILES string of the molecule is N#Cc1ccc(Nc2nc(-c3cc(C(N)=O)co3)cs2)cc1. The molecule has 0 saturated heterocycles. The highest BCUT2D eigenvalue weighted by Crippen LogP contribution is 2.28. The molecule has 108 valence electrons. The first kappa shape index (κ1) is 13.9. The molecule has 0 radical (unpaired) electrons. The highest BCUT2D eigenvalue weighted by molar-refractivity contribution is 7.14. The van der Waals surface area contributed by atoms with Gasteiger partial charge >= 0.3 is 0 Å². The molecule has 0 aliphatic rings. The molecule has 0 aliphatic heterocycles. The van der Waals surface area contributed by atoms with E-state index in [4.69, 9.17) is 15.4 Å². The van der Waals surface area contributed by atoms with Crippen LogP contribution in [0.5, 0.6) is 0 Å². The number of carbonyl (C=O) groups excluding carboxylic acids is 1. The van der Waals surface area contributed by atoms with Crippen LogP contribution in [0.25, 0.3) is 11.5 Å². The number of rotatable bonds is 4. The minimum Gasteiger partial charge on any atom is -0.462 e. The van der Waals surface area contributed by atoms with Crippen LogP contribution in [-0.2, 0) is 0 Å². The molecule has 2 aromatic heterocycles. The van der Waals surface area contributed by atoms with E-state index in [1.165, 1.54) is 17.6 Å². The maximum Gasteiger partial charge on any atom is 0.251 e. The number of benzene rings is 1. The molecule has 3 N–H and O–H groups in total. The van der Waals surface area contributed by atoms with Gasteiger partial charge in [-0.1, -0.05) is 0 Å². The minimum absolute atomic E-state index is 0.310. The van der Waals surface area contributed by atoms with Gasteiger partial charge in [-0.3, -0.25) is 4.79 Å². The average Bonchev–Trinajstić information content (AvgIpc) is 3.16. The normalized spacial score (nSPS) is 10.1. The molecule has 3 aromatic rings. The lowest BCUT2D eigenvalue weighted by atomic mass is 10.2. The number of anilines is 2. The second kappa shape index (κ2) is 5.71. The Bertz CT molecular complexity index is 858. The van der Waals surface area contributed by atoms with Crippen molar-refractivity contribution in [3.8, 4) is 17.5 Å². The smallest absolute Gasteiger partial charge is 0.251 e. The summed E-state index contributed by atoms with van der Waals surface area (Å²) in [4.78, 5) is 15.4. The fourth-order valence-electron chi connectivity index (χ4n) is 1.80. The molecule has 0 saturated carbocycles. The zero-order chi connectivity index (χ0) is 15.5. The van der Waals surface area contributed by atoms with Crippen molar-refractivity contribution in [1.82, 2.24) is 4.98 Å². The monoisotopic (exact) mass is 310 g/mol. The summed E-state index contributed by atoms with van der Waals surface area (Å²) in [5, 5.41) is 14.4. The summed E-state index contributed by atoms with van der Waals surface area (Å²) in [6.45, 7) is 0. The van der Waals surface area contributed by atoms with E-state index >= 15 is 0 Å². The summed E-state index contributed by atoms with van der Waals surface area (Å²) in [5.74, 6) is -0.0564. The van der Waals surface area contributed by atoms with Crippen molar-refractivity contribution in [3.63, 3.8) is 0 Å². The van der Waals surface area contributed by atoms with Crippen molar-refractivity contribution in [1.29, 1.82) is 5.26 Å². The number of nitrogens with one attached hydrogen (secondary N) is 1. The van der Waals surface area contributed by atoms with Crippen molar-refractivity contribution in [2.45, 2.75) is 0 Å². The quantitative estimate of drug-likeness (QED) is 0.770. The van der Waals surface area contributed by atoms with E-state index in [0.717, 1.165) is 5.69 Å². The van der Waals surface area contributed by atoms with Crippen molar-refractivity contribution in [3.05, 3.63) is 53.1 Å². The van der Waals surface area contributed by atoms with Crippen LogP contribution in [-0.4, -0.2) is 10.9 Å². The molecule has 6 nitrogen and oxygen atoms in total. The fraction of sp³-hybridized carbons (Fsp3) is 0. The number of thiazole rings is 1. The van der Waals surface area contributed by atoms with Crippen LogP contribution in [0.3, 0.4) is 0 Å². The fourth-order valence-corrected chi connectivity index (χ4v) is 2.52. The molecule has 3 rings (SSSR count). The first-order chi connectivity index (χ1) is 10.7. The lowest BCUT2D eigenvalue weighted by Gasteiger charge is -2.01. The average molecular weight is 310 g/mol. The second-order valence-corrected chi connectivity index (χ2v) is 5.27. The molecule has 1 amide bonds. The zero-order valence-electron chi connectivity index (χ0n) is 11.2. The number of hydrogen-bond acceptors (Lipinski definition) is 6. The van der Waals surface area contributed by atoms with Crippen LogP contribution < -0.4 is 11.1 Å². The number of nitriles is 1. The van der Waals surface area contributed by atoms with Gasteiger partial charge in [0.15, 0.2) is 10.9 Å². The number of carbonyl (C=O) groups is 1. The molecular weight excluding hydrogens is 300 g/mol. The summed E-state index contributed by atoms with van der Waals surface area (Å²) in [7, 11) is 0. The summed E-state index contributed by atoms with van der Waals surface area (Å²) in [6, 6.07) is 10.7. The molecule has 0 spiro atoms. The van der Waals surface area contributed by atoms with Gasteiger partial charge < -0.3 is 15.5 Å². The van der Waals surface area contributed by atoms with Gasteiger partial charge in [0, 0.05) is 11.1 Å². The Kier molecular flexibility index (Phi) is 3.60. The van der Waals surface area contributed by atoms with E-state index < -0.39 is 5.91 Å². The maximum atomic E-state index is 11.1. The molecule has 0 unspecified atom stereocenters. The van der Waals surface area contributed by atoms with Crippen molar-refractivity contribution in [2.75, 3.05) is 5.32 Å². The minimum atomic E-state index is -0.541. The number of nitrogens with two attached hydrogens (primary N) is 1. The molecule has 0 aliphatic carbocycles. The van der Waals surface area contributed by atoms with Gasteiger partial charge in [0.2, 0.25) is 0 Å². The topological polar surface area (TPSA) is 105 Å². The van der Waals surface area contributed by atoms with Crippen molar-refractivity contribution < 1.29 is 9.21 Å². The van der Waals surface area contributed by atoms with E-state index in [-0.39, 0.29) is 0 Å². The van der Waals surface area contributed by atoms with E-state index in [2.05, 4.69) is 16.4 Å². The Morgan fingerprint density at radius 3 is 2.77 bits per heavy atom. The predicted molar refractivity (Wildman–Crippen MR) is 82.8 cm³/mol. The Labute approximate surface area is 129 Å². The second-order valence-electron chi connectivity index (χ2n) is 4.42. The first-order valence-electron chi connectivity index (χ1n) is 6.27. The number of furan rings is 1. The number of hydrogen-bond donors (Lipinski definition) is 2. The van der Waals surface area contributed by atoms with Crippen molar-refractivity contribution in [2.24, 2.45) is 5.73 Å². The largest absolute Gasteiger partial charge is 0.462 e. The highest BCUT2D eigenvalue weighted by atomic mass is 32.1. The Morgan fingerprint density at radius 2 is 2.14 bits per heavy atom. The lowest BCUT2D eigenvalue weighted by Crippen LogP contribution is -2.09. The van der Waals surface area contributed by atoms with Crippen LogP contribution in [0.4, 0.5) is 10.8 Å². The van der Waals surface area contributed by atoms with Gasteiger partial charge in [0.25, 0.3) is 5.91 Å². The Balaban J connectivity index is 1.78. The standard InChI is InChI=1S/C15H10N4O2S/c16-6-9-1-3-11(4-2-9)18-15-19-12(8-22-15)13-5-10(7-21-13)14(17)20/h1-5,7-8H,(H2,17,20)(H,18,19). The highest BCUT2D eigenvalue weighted by Gasteiger charge is 2.11. The summed E-state index contributed by atoms with van der Waals surface area (Å²) >= 11 is 1.40. The third-order valence-corrected chi connectivity index (χ3v) is 3.66. The molecule has 0 fully saturated rings. The van der Waals surface area contributed by atoms with Crippen LogP contribution in [0.15, 0.2) is 46.4 Å².